The van der Waals surface area contributed by atoms with E-state index in [1.807, 2.05) is 0 Å². The van der Waals surface area contributed by atoms with Crippen LogP contribution in [0.2, 0.25) is 10.0 Å². The van der Waals surface area contributed by atoms with E-state index in [1.165, 1.54) is 32.4 Å². The third-order valence-electron chi connectivity index (χ3n) is 4.46. The molecule has 0 bridgehead atoms. The minimum Gasteiger partial charge on any atom is -0.465 e. The SMILES string of the molecule is COC(=O)c1ccc(C(=O)OC)c(NC(=O)c2cc(-c3ccc(Cl)c(Cl)c3)oc2C)c1. The number of nitrogens with one attached hydrogen (secondary N) is 1. The lowest BCUT2D eigenvalue weighted by Crippen LogP contribution is -2.16. The van der Waals surface area contributed by atoms with Crippen molar-refractivity contribution in [1.29, 1.82) is 0 Å². The molecule has 31 heavy (non-hydrogen) atoms. The maximum Gasteiger partial charge on any atom is 0.339 e. The van der Waals surface area contributed by atoms with Crippen molar-refractivity contribution in [2.24, 2.45) is 0 Å². The van der Waals surface area contributed by atoms with Gasteiger partial charge in [0.25, 0.3) is 5.91 Å². The second kappa shape index (κ2) is 9.24. The van der Waals surface area contributed by atoms with Crippen LogP contribution in [0.5, 0.6) is 0 Å². The Morgan fingerprint density at radius 2 is 1.58 bits per heavy atom. The van der Waals surface area contributed by atoms with Crippen molar-refractivity contribution in [2.75, 3.05) is 19.5 Å². The molecule has 9 heteroatoms. The number of methoxy groups -OCH3 is 2. The van der Waals surface area contributed by atoms with Crippen LogP contribution < -0.4 is 5.32 Å². The number of esters is 2. The van der Waals surface area contributed by atoms with Crippen LogP contribution in [0.1, 0.15) is 36.8 Å². The largest absolute Gasteiger partial charge is 0.465 e. The molecule has 0 saturated heterocycles. The predicted octanol–water partition coefficient (Wildman–Crippen LogP) is 5.39. The zero-order chi connectivity index (χ0) is 22.7. The van der Waals surface area contributed by atoms with Gasteiger partial charge < -0.3 is 19.2 Å². The number of benzene rings is 2. The monoisotopic (exact) mass is 461 g/mol. The van der Waals surface area contributed by atoms with Crippen molar-refractivity contribution in [3.05, 3.63) is 75.0 Å². The second-order valence-electron chi connectivity index (χ2n) is 6.41. The molecule has 1 heterocycles. The van der Waals surface area contributed by atoms with Crippen molar-refractivity contribution in [1.82, 2.24) is 0 Å². The zero-order valence-electron chi connectivity index (χ0n) is 16.7. The summed E-state index contributed by atoms with van der Waals surface area (Å²) in [5.41, 5.74) is 1.21. The van der Waals surface area contributed by atoms with Crippen molar-refractivity contribution < 1.29 is 28.3 Å². The Labute approximate surface area is 187 Å². The normalized spacial score (nSPS) is 10.5. The summed E-state index contributed by atoms with van der Waals surface area (Å²) in [6.45, 7) is 1.63. The molecular formula is C22H17Cl2NO6. The highest BCUT2D eigenvalue weighted by Gasteiger charge is 2.21. The predicted molar refractivity (Wildman–Crippen MR) is 116 cm³/mol. The Kier molecular flexibility index (Phi) is 6.68. The number of amides is 1. The molecule has 0 aliphatic heterocycles. The number of rotatable bonds is 5. The maximum atomic E-state index is 12.9. The first kappa shape index (κ1) is 22.4. The van der Waals surface area contributed by atoms with E-state index < -0.39 is 17.8 Å². The molecule has 1 N–H and O–H groups in total. The van der Waals surface area contributed by atoms with E-state index in [1.54, 1.807) is 31.2 Å². The van der Waals surface area contributed by atoms with Crippen LogP contribution in [-0.4, -0.2) is 32.1 Å². The highest BCUT2D eigenvalue weighted by atomic mass is 35.5. The van der Waals surface area contributed by atoms with Gasteiger partial charge in [-0.15, -0.1) is 0 Å². The number of carbonyl (C=O) groups is 3. The number of furan rings is 1. The van der Waals surface area contributed by atoms with Crippen LogP contribution in [0.3, 0.4) is 0 Å². The van der Waals surface area contributed by atoms with Crippen LogP contribution >= 0.6 is 23.2 Å². The van der Waals surface area contributed by atoms with Crippen LogP contribution in [0.15, 0.2) is 46.9 Å². The average molecular weight is 462 g/mol. The number of aryl methyl sites for hydroxylation is 1. The van der Waals surface area contributed by atoms with Gasteiger partial charge in [0, 0.05) is 5.56 Å². The highest BCUT2D eigenvalue weighted by Crippen LogP contribution is 2.31. The van der Waals surface area contributed by atoms with Crippen LogP contribution in [0.4, 0.5) is 5.69 Å². The summed E-state index contributed by atoms with van der Waals surface area (Å²) in [4.78, 5) is 36.9. The van der Waals surface area contributed by atoms with Gasteiger partial charge in [-0.2, -0.15) is 0 Å². The molecule has 0 unspecified atom stereocenters. The molecule has 2 aromatic carbocycles. The van der Waals surface area contributed by atoms with Gasteiger partial charge in [-0.1, -0.05) is 23.2 Å². The topological polar surface area (TPSA) is 94.8 Å². The second-order valence-corrected chi connectivity index (χ2v) is 7.22. The number of hydrogen-bond donors (Lipinski definition) is 1. The lowest BCUT2D eigenvalue weighted by Gasteiger charge is -2.11. The van der Waals surface area contributed by atoms with Gasteiger partial charge in [-0.05, 0) is 49.4 Å². The van der Waals surface area contributed by atoms with E-state index in [0.717, 1.165) is 0 Å². The summed E-state index contributed by atoms with van der Waals surface area (Å²) in [6, 6.07) is 10.6. The molecule has 3 rings (SSSR count). The summed E-state index contributed by atoms with van der Waals surface area (Å²) in [5, 5.41) is 3.38. The first-order valence-corrected chi connectivity index (χ1v) is 9.68. The fourth-order valence-corrected chi connectivity index (χ4v) is 3.17. The maximum absolute atomic E-state index is 12.9. The summed E-state index contributed by atoms with van der Waals surface area (Å²) in [7, 11) is 2.44. The van der Waals surface area contributed by atoms with Gasteiger partial charge in [-0.3, -0.25) is 4.79 Å². The Hall–Kier alpha value is -3.29. The molecular weight excluding hydrogens is 445 g/mol. The van der Waals surface area contributed by atoms with Gasteiger partial charge in [0.15, 0.2) is 0 Å². The van der Waals surface area contributed by atoms with Gasteiger partial charge in [0.1, 0.15) is 11.5 Å². The number of halogens is 2. The number of hydrogen-bond acceptors (Lipinski definition) is 6. The molecule has 160 valence electrons. The summed E-state index contributed by atoms with van der Waals surface area (Å²) >= 11 is 12.0. The summed E-state index contributed by atoms with van der Waals surface area (Å²) in [5.74, 6) is -1.07. The fourth-order valence-electron chi connectivity index (χ4n) is 2.87. The van der Waals surface area contributed by atoms with Gasteiger partial charge >= 0.3 is 11.9 Å². The van der Waals surface area contributed by atoms with Crippen LogP contribution in [0.25, 0.3) is 11.3 Å². The van der Waals surface area contributed by atoms with Crippen molar-refractivity contribution >= 4 is 46.7 Å². The van der Waals surface area contributed by atoms with E-state index >= 15 is 0 Å². The third kappa shape index (κ3) is 4.73. The smallest absolute Gasteiger partial charge is 0.339 e. The van der Waals surface area contributed by atoms with Crippen LogP contribution in [-0.2, 0) is 9.47 Å². The van der Waals surface area contributed by atoms with E-state index in [2.05, 4.69) is 5.32 Å². The first-order valence-electron chi connectivity index (χ1n) is 8.93. The minimum atomic E-state index is -0.674. The average Bonchev–Trinajstić information content (AvgIpc) is 3.16. The summed E-state index contributed by atoms with van der Waals surface area (Å²) < 4.78 is 15.1. The zero-order valence-corrected chi connectivity index (χ0v) is 18.3. The molecule has 1 aromatic heterocycles. The molecule has 0 radical (unpaired) electrons. The standard InChI is InChI=1S/C22H17Cl2NO6/c1-11-15(10-19(31-11)12-5-7-16(23)17(24)8-12)20(26)25-18-9-13(21(27)29-2)4-6-14(18)22(28)30-3/h4-10H,1-3H3,(H,25,26). The Balaban J connectivity index is 1.95. The molecule has 0 saturated carbocycles. The molecule has 0 fully saturated rings. The highest BCUT2D eigenvalue weighted by molar-refractivity contribution is 6.42. The van der Waals surface area contributed by atoms with Gasteiger partial charge in [-0.25, -0.2) is 9.59 Å². The molecule has 0 aliphatic rings. The van der Waals surface area contributed by atoms with Crippen molar-refractivity contribution in [3.8, 4) is 11.3 Å². The molecule has 7 nitrogen and oxygen atoms in total. The van der Waals surface area contributed by atoms with E-state index in [9.17, 15) is 14.4 Å². The fraction of sp³-hybridized carbons (Fsp3) is 0.136. The van der Waals surface area contributed by atoms with E-state index in [0.29, 0.717) is 27.1 Å². The van der Waals surface area contributed by atoms with Crippen LogP contribution in [0, 0.1) is 6.92 Å². The quantitative estimate of drug-likeness (QED) is 0.511. The van der Waals surface area contributed by atoms with Gasteiger partial charge in [0.05, 0.1) is 46.6 Å². The van der Waals surface area contributed by atoms with Crippen molar-refractivity contribution in [3.63, 3.8) is 0 Å². The van der Waals surface area contributed by atoms with Gasteiger partial charge in [0.2, 0.25) is 0 Å². The Morgan fingerprint density at radius 1 is 0.871 bits per heavy atom. The molecule has 3 aromatic rings. The number of carbonyl (C=O) groups excluding carboxylic acids is 3. The Morgan fingerprint density at radius 3 is 2.23 bits per heavy atom. The molecule has 0 aliphatic carbocycles. The molecule has 1 amide bonds. The Bertz CT molecular complexity index is 1180. The molecule has 0 spiro atoms. The minimum absolute atomic E-state index is 0.0781. The van der Waals surface area contributed by atoms with Crippen molar-refractivity contribution in [2.45, 2.75) is 6.92 Å². The number of anilines is 1. The van der Waals surface area contributed by atoms with E-state index in [-0.39, 0.29) is 22.4 Å². The lowest BCUT2D eigenvalue weighted by atomic mass is 10.1. The number of ether oxygens (including phenoxy) is 2. The lowest BCUT2D eigenvalue weighted by molar-refractivity contribution is 0.0587. The van der Waals surface area contributed by atoms with E-state index in [4.69, 9.17) is 37.1 Å². The first-order chi connectivity index (χ1) is 14.7. The summed E-state index contributed by atoms with van der Waals surface area (Å²) in [6.07, 6.45) is 0. The molecule has 0 atom stereocenters. The third-order valence-corrected chi connectivity index (χ3v) is 5.20.